The van der Waals surface area contributed by atoms with Crippen LogP contribution in [0.2, 0.25) is 0 Å². The second-order valence-electron chi connectivity index (χ2n) is 5.08. The molecule has 1 heterocycles. The lowest BCUT2D eigenvalue weighted by atomic mass is 10.3. The number of sulfonamides is 1. The van der Waals surface area contributed by atoms with Crippen molar-refractivity contribution >= 4 is 15.8 Å². The van der Waals surface area contributed by atoms with Gasteiger partial charge in [-0.3, -0.25) is 0 Å². The third kappa shape index (κ3) is 4.20. The third-order valence-electron chi connectivity index (χ3n) is 2.95. The lowest BCUT2D eigenvalue weighted by Crippen LogP contribution is -2.26. The van der Waals surface area contributed by atoms with E-state index in [-0.39, 0.29) is 12.4 Å². The second kappa shape index (κ2) is 6.55. The minimum absolute atomic E-state index is 0.231. The van der Waals surface area contributed by atoms with Crippen molar-refractivity contribution in [3.63, 3.8) is 0 Å². The van der Waals surface area contributed by atoms with E-state index in [1.54, 1.807) is 32.0 Å². The Kier molecular flexibility index (Phi) is 4.90. The van der Waals surface area contributed by atoms with E-state index < -0.39 is 26.6 Å². The molecule has 1 aromatic carbocycles. The number of nitrogens with zero attached hydrogens (tertiary/aromatic N) is 3. The van der Waals surface area contributed by atoms with Crippen molar-refractivity contribution in [3.8, 4) is 0 Å². The van der Waals surface area contributed by atoms with Crippen LogP contribution >= 0.6 is 0 Å². The van der Waals surface area contributed by atoms with Crippen LogP contribution in [0, 0.1) is 18.6 Å². The van der Waals surface area contributed by atoms with E-state index in [4.69, 9.17) is 0 Å². The summed E-state index contributed by atoms with van der Waals surface area (Å²) in [6.45, 7) is 1.51. The summed E-state index contributed by atoms with van der Waals surface area (Å²) in [5, 5.41) is 0. The maximum Gasteiger partial charge on any atom is 0.243 e. The van der Waals surface area contributed by atoms with Crippen molar-refractivity contribution in [2.24, 2.45) is 0 Å². The highest BCUT2D eigenvalue weighted by Crippen LogP contribution is 2.16. The molecular formula is C14H16F2N4O2S. The summed E-state index contributed by atoms with van der Waals surface area (Å²) >= 11 is 0. The molecule has 0 bridgehead atoms. The molecule has 23 heavy (non-hydrogen) atoms. The highest BCUT2D eigenvalue weighted by molar-refractivity contribution is 7.89. The highest BCUT2D eigenvalue weighted by atomic mass is 32.2. The van der Waals surface area contributed by atoms with E-state index in [1.165, 1.54) is 0 Å². The number of hydrogen-bond donors (Lipinski definition) is 1. The van der Waals surface area contributed by atoms with E-state index in [0.29, 0.717) is 17.6 Å². The lowest BCUT2D eigenvalue weighted by molar-refractivity contribution is 0.544. The molecule has 9 heteroatoms. The Morgan fingerprint density at radius 1 is 1.17 bits per heavy atom. The van der Waals surface area contributed by atoms with E-state index in [0.717, 1.165) is 12.1 Å². The van der Waals surface area contributed by atoms with Gasteiger partial charge in [-0.15, -0.1) is 0 Å². The summed E-state index contributed by atoms with van der Waals surface area (Å²) in [7, 11) is -0.637. The van der Waals surface area contributed by atoms with Gasteiger partial charge in [0.15, 0.2) is 0 Å². The first kappa shape index (κ1) is 17.2. The summed E-state index contributed by atoms with van der Waals surface area (Å²) < 4.78 is 53.1. The monoisotopic (exact) mass is 342 g/mol. The first-order valence-electron chi connectivity index (χ1n) is 6.65. The average molecular weight is 342 g/mol. The molecule has 2 aromatic rings. The fraction of sp³-hybridized carbons (Fsp3) is 0.286. The number of aromatic nitrogens is 2. The Morgan fingerprint density at radius 3 is 2.52 bits per heavy atom. The molecule has 0 aliphatic rings. The molecule has 0 radical (unpaired) electrons. The molecule has 1 N–H and O–H groups in total. The van der Waals surface area contributed by atoms with Crippen LogP contribution in [0.15, 0.2) is 29.2 Å². The van der Waals surface area contributed by atoms with Gasteiger partial charge in [0.25, 0.3) is 0 Å². The van der Waals surface area contributed by atoms with Gasteiger partial charge >= 0.3 is 0 Å². The van der Waals surface area contributed by atoms with Crippen LogP contribution in [0.3, 0.4) is 0 Å². The first-order valence-corrected chi connectivity index (χ1v) is 8.14. The molecule has 0 fully saturated rings. The molecule has 0 spiro atoms. The van der Waals surface area contributed by atoms with Crippen molar-refractivity contribution in [1.29, 1.82) is 0 Å². The fourth-order valence-corrected chi connectivity index (χ4v) is 2.91. The third-order valence-corrected chi connectivity index (χ3v) is 4.36. The Morgan fingerprint density at radius 2 is 1.87 bits per heavy atom. The topological polar surface area (TPSA) is 75.2 Å². The maximum absolute atomic E-state index is 13.6. The lowest BCUT2D eigenvalue weighted by Gasteiger charge is -2.13. The van der Waals surface area contributed by atoms with Crippen LogP contribution in [0.5, 0.6) is 0 Å². The van der Waals surface area contributed by atoms with E-state index in [1.807, 2.05) is 0 Å². The highest BCUT2D eigenvalue weighted by Gasteiger charge is 2.20. The molecule has 2 rings (SSSR count). The first-order chi connectivity index (χ1) is 10.7. The molecular weight excluding hydrogens is 326 g/mol. The number of halogens is 2. The Balaban J connectivity index is 2.24. The number of rotatable bonds is 5. The predicted octanol–water partition coefficient (Wildman–Crippen LogP) is 1.61. The molecule has 1 aromatic heterocycles. The number of aryl methyl sites for hydroxylation is 1. The van der Waals surface area contributed by atoms with E-state index >= 15 is 0 Å². The van der Waals surface area contributed by atoms with Crippen molar-refractivity contribution in [2.45, 2.75) is 18.4 Å². The Labute approximate surface area is 133 Å². The molecule has 0 unspecified atom stereocenters. The molecule has 0 amide bonds. The zero-order valence-corrected chi connectivity index (χ0v) is 13.7. The normalized spacial score (nSPS) is 11.5. The number of nitrogens with one attached hydrogen (secondary N) is 1. The van der Waals surface area contributed by atoms with Crippen LogP contribution in [0.1, 0.15) is 11.5 Å². The van der Waals surface area contributed by atoms with Crippen molar-refractivity contribution in [3.05, 3.63) is 47.4 Å². The smallest absolute Gasteiger partial charge is 0.243 e. The van der Waals surface area contributed by atoms with Gasteiger partial charge in [0.05, 0.1) is 6.54 Å². The fourth-order valence-electron chi connectivity index (χ4n) is 1.84. The quantitative estimate of drug-likeness (QED) is 0.893. The Bertz CT molecular complexity index is 826. The summed E-state index contributed by atoms with van der Waals surface area (Å²) in [6, 6.07) is 3.98. The molecule has 0 saturated heterocycles. The van der Waals surface area contributed by atoms with Gasteiger partial charge in [-0.1, -0.05) is 0 Å². The van der Waals surface area contributed by atoms with Crippen LogP contribution in [-0.2, 0) is 16.6 Å². The van der Waals surface area contributed by atoms with Gasteiger partial charge in [-0.25, -0.2) is 31.9 Å². The van der Waals surface area contributed by atoms with Crippen LogP contribution in [-0.4, -0.2) is 32.5 Å². The standard InChI is InChI=1S/C14H16F2N4O2S/c1-9-6-14(20(2)3)19-13(18-9)8-17-23(21,22)12-7-10(15)4-5-11(12)16/h4-7,17H,8H2,1-3H3. The van der Waals surface area contributed by atoms with E-state index in [2.05, 4.69) is 14.7 Å². The molecule has 0 aliphatic carbocycles. The van der Waals surface area contributed by atoms with Gasteiger partial charge < -0.3 is 4.90 Å². The van der Waals surface area contributed by atoms with Crippen molar-refractivity contribution in [2.75, 3.05) is 19.0 Å². The molecule has 6 nitrogen and oxygen atoms in total. The molecule has 124 valence electrons. The molecule has 0 atom stereocenters. The molecule has 0 saturated carbocycles. The maximum atomic E-state index is 13.6. The number of hydrogen-bond acceptors (Lipinski definition) is 5. The van der Waals surface area contributed by atoms with Gasteiger partial charge in [-0.05, 0) is 25.1 Å². The number of benzene rings is 1. The Hall–Kier alpha value is -2.13. The predicted molar refractivity (Wildman–Crippen MR) is 81.5 cm³/mol. The van der Waals surface area contributed by atoms with Gasteiger partial charge in [0.2, 0.25) is 10.0 Å². The van der Waals surface area contributed by atoms with Gasteiger partial charge in [0, 0.05) is 25.9 Å². The summed E-state index contributed by atoms with van der Waals surface area (Å²) in [5.74, 6) is -1.02. The van der Waals surface area contributed by atoms with Gasteiger partial charge in [-0.2, -0.15) is 0 Å². The minimum atomic E-state index is -4.22. The van der Waals surface area contributed by atoms with Crippen LogP contribution < -0.4 is 9.62 Å². The number of anilines is 1. The van der Waals surface area contributed by atoms with E-state index in [9.17, 15) is 17.2 Å². The van der Waals surface area contributed by atoms with Crippen molar-refractivity contribution in [1.82, 2.24) is 14.7 Å². The molecule has 0 aliphatic heterocycles. The average Bonchev–Trinajstić information content (AvgIpc) is 2.47. The summed E-state index contributed by atoms with van der Waals surface area (Å²) in [5.41, 5.74) is 0.662. The summed E-state index contributed by atoms with van der Waals surface area (Å²) in [4.78, 5) is 9.31. The zero-order valence-electron chi connectivity index (χ0n) is 12.8. The minimum Gasteiger partial charge on any atom is -0.363 e. The van der Waals surface area contributed by atoms with Crippen LogP contribution in [0.4, 0.5) is 14.6 Å². The van der Waals surface area contributed by atoms with Gasteiger partial charge in [0.1, 0.15) is 28.2 Å². The second-order valence-corrected chi connectivity index (χ2v) is 6.81. The zero-order chi connectivity index (χ0) is 17.2. The largest absolute Gasteiger partial charge is 0.363 e. The summed E-state index contributed by atoms with van der Waals surface area (Å²) in [6.07, 6.45) is 0. The SMILES string of the molecule is Cc1cc(N(C)C)nc(CNS(=O)(=O)c2cc(F)ccc2F)n1. The van der Waals surface area contributed by atoms with Crippen LogP contribution in [0.25, 0.3) is 0 Å². The van der Waals surface area contributed by atoms with Crippen molar-refractivity contribution < 1.29 is 17.2 Å².